The van der Waals surface area contributed by atoms with Gasteiger partial charge in [0.15, 0.2) is 0 Å². The van der Waals surface area contributed by atoms with Crippen molar-refractivity contribution >= 4 is 43.2 Å². The van der Waals surface area contributed by atoms with Crippen molar-refractivity contribution in [3.8, 4) is 0 Å². The SMILES string of the molecule is CCc1ccccc1NC(=O)C(CC(C)C)NS(=O)(=O)c1ccc2nc(C)sc2c1. The highest BCUT2D eigenvalue weighted by Crippen LogP contribution is 2.25. The van der Waals surface area contributed by atoms with Gasteiger partial charge in [-0.05, 0) is 55.5 Å². The Balaban J connectivity index is 1.86. The molecule has 1 amide bonds. The minimum Gasteiger partial charge on any atom is -0.324 e. The Hall–Kier alpha value is -2.29. The standard InChI is InChI=1S/C22H27N3O3S2/c1-5-16-8-6-7-9-18(16)24-22(26)20(12-14(2)3)25-30(27,28)17-10-11-19-21(13-17)29-15(4)23-19/h6-11,13-14,20,25H,5,12H2,1-4H3,(H,24,26). The maximum Gasteiger partial charge on any atom is 0.242 e. The van der Waals surface area contributed by atoms with Gasteiger partial charge < -0.3 is 5.32 Å². The second-order valence-corrected chi connectivity index (χ2v) is 10.6. The van der Waals surface area contributed by atoms with Crippen LogP contribution in [0.2, 0.25) is 0 Å². The summed E-state index contributed by atoms with van der Waals surface area (Å²) in [5.41, 5.74) is 2.48. The van der Waals surface area contributed by atoms with E-state index in [2.05, 4.69) is 15.0 Å². The molecule has 0 saturated carbocycles. The Morgan fingerprint density at radius 1 is 1.17 bits per heavy atom. The number of thiazole rings is 1. The zero-order chi connectivity index (χ0) is 21.9. The van der Waals surface area contributed by atoms with E-state index in [1.807, 2.05) is 52.0 Å². The molecule has 3 aromatic rings. The van der Waals surface area contributed by atoms with Crippen LogP contribution in [0.5, 0.6) is 0 Å². The molecular weight excluding hydrogens is 418 g/mol. The van der Waals surface area contributed by atoms with Crippen molar-refractivity contribution in [2.75, 3.05) is 5.32 Å². The average Bonchev–Trinajstić information content (AvgIpc) is 3.06. The number of benzene rings is 2. The summed E-state index contributed by atoms with van der Waals surface area (Å²) >= 11 is 1.44. The zero-order valence-electron chi connectivity index (χ0n) is 17.6. The summed E-state index contributed by atoms with van der Waals surface area (Å²) < 4.78 is 29.5. The molecular formula is C22H27N3O3S2. The molecule has 1 atom stereocenters. The molecule has 2 aromatic carbocycles. The lowest BCUT2D eigenvalue weighted by molar-refractivity contribution is -0.118. The first kappa shape index (κ1) is 22.4. The summed E-state index contributed by atoms with van der Waals surface area (Å²) in [6.07, 6.45) is 1.16. The van der Waals surface area contributed by atoms with Crippen molar-refractivity contribution in [1.82, 2.24) is 9.71 Å². The number of carbonyl (C=O) groups is 1. The Morgan fingerprint density at radius 3 is 2.60 bits per heavy atom. The fraction of sp³-hybridized carbons (Fsp3) is 0.364. The van der Waals surface area contributed by atoms with Crippen molar-refractivity contribution in [2.24, 2.45) is 5.92 Å². The first-order valence-corrected chi connectivity index (χ1v) is 12.3. The monoisotopic (exact) mass is 445 g/mol. The van der Waals surface area contributed by atoms with Gasteiger partial charge in [0.1, 0.15) is 6.04 Å². The Labute approximate surface area is 181 Å². The molecule has 3 rings (SSSR count). The molecule has 2 N–H and O–H groups in total. The van der Waals surface area contributed by atoms with Gasteiger partial charge >= 0.3 is 0 Å². The first-order valence-electron chi connectivity index (χ1n) is 9.98. The van der Waals surface area contributed by atoms with Gasteiger partial charge in [0.2, 0.25) is 15.9 Å². The second kappa shape index (κ2) is 9.24. The zero-order valence-corrected chi connectivity index (χ0v) is 19.2. The van der Waals surface area contributed by atoms with E-state index in [-0.39, 0.29) is 16.7 Å². The molecule has 0 saturated heterocycles. The van der Waals surface area contributed by atoms with Crippen LogP contribution in [0.15, 0.2) is 47.4 Å². The molecule has 0 bridgehead atoms. The van der Waals surface area contributed by atoms with Gasteiger partial charge in [-0.1, -0.05) is 39.0 Å². The maximum atomic E-state index is 13.0. The smallest absolute Gasteiger partial charge is 0.242 e. The normalized spacial score (nSPS) is 13.0. The lowest BCUT2D eigenvalue weighted by atomic mass is 10.0. The lowest BCUT2D eigenvalue weighted by Crippen LogP contribution is -2.44. The highest BCUT2D eigenvalue weighted by molar-refractivity contribution is 7.89. The summed E-state index contributed by atoms with van der Waals surface area (Å²) in [6.45, 7) is 7.81. The summed E-state index contributed by atoms with van der Waals surface area (Å²) in [4.78, 5) is 17.5. The van der Waals surface area contributed by atoms with Crippen molar-refractivity contribution in [2.45, 2.75) is 51.5 Å². The minimum absolute atomic E-state index is 0.133. The number of anilines is 1. The summed E-state index contributed by atoms with van der Waals surface area (Å²) in [5.74, 6) is -0.223. The molecule has 0 spiro atoms. The van der Waals surface area contributed by atoms with E-state index in [1.54, 1.807) is 12.1 Å². The average molecular weight is 446 g/mol. The van der Waals surface area contributed by atoms with Crippen molar-refractivity contribution in [3.63, 3.8) is 0 Å². The van der Waals surface area contributed by atoms with E-state index in [9.17, 15) is 13.2 Å². The van der Waals surface area contributed by atoms with Crippen LogP contribution in [0.4, 0.5) is 5.69 Å². The molecule has 6 nitrogen and oxygen atoms in total. The fourth-order valence-electron chi connectivity index (χ4n) is 3.29. The number of rotatable bonds is 8. The molecule has 0 aliphatic carbocycles. The summed E-state index contributed by atoms with van der Waals surface area (Å²) in [6, 6.07) is 11.5. The van der Waals surface area contributed by atoms with Crippen LogP contribution >= 0.6 is 11.3 Å². The van der Waals surface area contributed by atoms with Crippen LogP contribution in [0.1, 0.15) is 37.8 Å². The van der Waals surface area contributed by atoms with Crippen LogP contribution < -0.4 is 10.0 Å². The number of hydrogen-bond donors (Lipinski definition) is 2. The Bertz CT molecular complexity index is 1150. The fourth-order valence-corrected chi connectivity index (χ4v) is 5.47. The van der Waals surface area contributed by atoms with Gasteiger partial charge in [-0.3, -0.25) is 4.79 Å². The molecule has 30 heavy (non-hydrogen) atoms. The van der Waals surface area contributed by atoms with E-state index < -0.39 is 16.1 Å². The molecule has 0 radical (unpaired) electrons. The maximum absolute atomic E-state index is 13.0. The van der Waals surface area contributed by atoms with E-state index >= 15 is 0 Å². The van der Waals surface area contributed by atoms with Gasteiger partial charge in [0.25, 0.3) is 0 Å². The van der Waals surface area contributed by atoms with E-state index in [0.29, 0.717) is 12.1 Å². The van der Waals surface area contributed by atoms with E-state index in [0.717, 1.165) is 27.2 Å². The quantitative estimate of drug-likeness (QED) is 0.534. The number of nitrogens with zero attached hydrogens (tertiary/aromatic N) is 1. The van der Waals surface area contributed by atoms with Crippen LogP contribution in [-0.2, 0) is 21.2 Å². The largest absolute Gasteiger partial charge is 0.324 e. The molecule has 160 valence electrons. The van der Waals surface area contributed by atoms with Crippen LogP contribution in [0.25, 0.3) is 10.2 Å². The third kappa shape index (κ3) is 5.24. The number of hydrogen-bond acceptors (Lipinski definition) is 5. The number of aryl methyl sites for hydroxylation is 2. The molecule has 1 heterocycles. The summed E-state index contributed by atoms with van der Waals surface area (Å²) in [5, 5.41) is 3.77. The number of amides is 1. The third-order valence-electron chi connectivity index (χ3n) is 4.75. The van der Waals surface area contributed by atoms with Crippen LogP contribution in [0, 0.1) is 12.8 Å². The predicted molar refractivity (Wildman–Crippen MR) is 122 cm³/mol. The molecule has 0 fully saturated rings. The van der Waals surface area contributed by atoms with Crippen LogP contribution in [0.3, 0.4) is 0 Å². The number of nitrogens with one attached hydrogen (secondary N) is 2. The van der Waals surface area contributed by atoms with Crippen molar-refractivity contribution < 1.29 is 13.2 Å². The van der Waals surface area contributed by atoms with Gasteiger partial charge in [-0.2, -0.15) is 4.72 Å². The van der Waals surface area contributed by atoms with Crippen molar-refractivity contribution in [3.05, 3.63) is 53.0 Å². The van der Waals surface area contributed by atoms with Gasteiger partial charge in [-0.25, -0.2) is 13.4 Å². The number of fused-ring (bicyclic) bond motifs is 1. The highest BCUT2D eigenvalue weighted by Gasteiger charge is 2.27. The number of carbonyl (C=O) groups excluding carboxylic acids is 1. The first-order chi connectivity index (χ1) is 14.2. The van der Waals surface area contributed by atoms with Gasteiger partial charge in [0, 0.05) is 5.69 Å². The number of aromatic nitrogens is 1. The minimum atomic E-state index is -3.87. The highest BCUT2D eigenvalue weighted by atomic mass is 32.2. The predicted octanol–water partition coefficient (Wildman–Crippen LogP) is 4.50. The van der Waals surface area contributed by atoms with E-state index in [4.69, 9.17) is 0 Å². The Morgan fingerprint density at radius 2 is 1.90 bits per heavy atom. The van der Waals surface area contributed by atoms with Gasteiger partial charge in [-0.15, -0.1) is 11.3 Å². The number of para-hydroxylation sites is 1. The summed E-state index contributed by atoms with van der Waals surface area (Å²) in [7, 11) is -3.87. The third-order valence-corrected chi connectivity index (χ3v) is 7.16. The molecule has 0 aliphatic heterocycles. The molecule has 1 unspecified atom stereocenters. The van der Waals surface area contributed by atoms with E-state index in [1.165, 1.54) is 17.4 Å². The second-order valence-electron chi connectivity index (χ2n) is 7.67. The van der Waals surface area contributed by atoms with Gasteiger partial charge in [0.05, 0.1) is 20.1 Å². The molecule has 8 heteroatoms. The topological polar surface area (TPSA) is 88.2 Å². The van der Waals surface area contributed by atoms with Crippen LogP contribution in [-0.4, -0.2) is 25.4 Å². The lowest BCUT2D eigenvalue weighted by Gasteiger charge is -2.21. The van der Waals surface area contributed by atoms with Crippen molar-refractivity contribution in [1.29, 1.82) is 0 Å². The number of sulfonamides is 1. The molecule has 0 aliphatic rings. The molecule has 1 aromatic heterocycles. The Kier molecular flexibility index (Phi) is 6.90.